The standard InChI is InChI=1S/C18H22ClN5O3S.C14H17ClN4O4S.C14H18N4O4S.C11H14N4O4S.C10H16O3/c1-6-9-7-10(12-11(9)26-18(2,3)27-12)24-15-13(28-17(24)25)14(19)21-16(22-15)20-8-23(4)5;1-14(2)22-7-5(4-20)3-6(8(7)23-14)19-11-9(24-13(19)21)10(15)17-12(16)18-11;1-14(2)21-9-6(5-19)3-7(10(9)22-14)18-11-8(23-13(18)20)4-16-12(15)17-11;12-10-13-2-6-9(14-10)15(11(19)20-6)5-1-4(3-16)7(17)8(5)18;1-4-6-5-7(11)9-8(6)12-10(2,3)13-9/h6,8-12H,1,7H2,2-5H3;5-8,20H,3-4H2,1-2H3,(H2,16,17,18);4,6-7,9-10,19H,3,5H2,1-2H3,(H2,15,16,17);2,4-5,7-8,16-18H,1,3H2,(H2,12,13,14);4,6-9,11H,1,5H2,2-3H3/t9-,10+,11+,12-;5-,6-,7-,8+;6-,7-,9-,10+;4-,5-,7-,8+;6-,7-,8+,9-/m01110/s1. The Bertz CT molecular complexity index is 4990. The number of nitrogens with zero attached hydrogens (tertiary/aromatic N) is 14. The first-order valence-electron chi connectivity index (χ1n) is 34.9. The van der Waals surface area contributed by atoms with E-state index >= 15 is 0 Å². The second-order valence-corrected chi connectivity index (χ2v) is 34.5. The van der Waals surface area contributed by atoms with Crippen LogP contribution in [0.1, 0.15) is 112 Å². The van der Waals surface area contributed by atoms with Crippen molar-refractivity contribution < 1.29 is 68.5 Å². The second-order valence-electron chi connectivity index (χ2n) is 29.9. The van der Waals surface area contributed by atoms with Gasteiger partial charge in [0, 0.05) is 63.5 Å². The minimum absolute atomic E-state index is 0.00888. The number of anilines is 3. The molecule has 4 saturated heterocycles. The zero-order chi connectivity index (χ0) is 77.9. The number of aromatic nitrogens is 12. The lowest BCUT2D eigenvalue weighted by Crippen LogP contribution is -2.32. The van der Waals surface area contributed by atoms with Crippen LogP contribution < -0.4 is 36.7 Å². The first kappa shape index (κ1) is 79.5. The van der Waals surface area contributed by atoms with E-state index in [1.807, 2.05) is 81.6 Å². The first-order valence-corrected chi connectivity index (χ1v) is 38.9. The predicted octanol–water partition coefficient (Wildman–Crippen LogP) is 4.45. The van der Waals surface area contributed by atoms with E-state index in [2.05, 4.69) is 58.0 Å². The van der Waals surface area contributed by atoms with Crippen LogP contribution in [0.4, 0.5) is 23.8 Å². The van der Waals surface area contributed by atoms with Gasteiger partial charge in [-0.1, -0.05) is 80.7 Å². The van der Waals surface area contributed by atoms with Gasteiger partial charge in [-0.25, -0.2) is 15.0 Å². The molecule has 5 aliphatic carbocycles. The molecule has 108 heavy (non-hydrogen) atoms. The van der Waals surface area contributed by atoms with Gasteiger partial charge in [-0.05, 0) is 87.5 Å². The molecule has 12 heterocycles. The molecule has 35 nitrogen and oxygen atoms in total. The van der Waals surface area contributed by atoms with Gasteiger partial charge in [-0.3, -0.25) is 37.4 Å². The number of hydrogen-bond acceptors (Lipinski definition) is 34. The fraction of sp³-hybridized carbons (Fsp3) is 0.627. The minimum atomic E-state index is -1.13. The van der Waals surface area contributed by atoms with Crippen molar-refractivity contribution in [1.82, 2.24) is 63.0 Å². The fourth-order valence-electron chi connectivity index (χ4n) is 16.1. The lowest BCUT2D eigenvalue weighted by molar-refractivity contribution is -0.164. The van der Waals surface area contributed by atoms with Gasteiger partial charge in [0.1, 0.15) is 39.9 Å². The Morgan fingerprint density at radius 2 is 0.861 bits per heavy atom. The van der Waals surface area contributed by atoms with Gasteiger partial charge in [0.2, 0.25) is 17.8 Å². The number of aliphatic hydroxyl groups is 6. The average Bonchev–Trinajstić information content (AvgIpc) is 1.60. The predicted molar refractivity (Wildman–Crippen MR) is 403 cm³/mol. The summed E-state index contributed by atoms with van der Waals surface area (Å²) >= 11 is 16.5. The highest BCUT2D eigenvalue weighted by Gasteiger charge is 2.58. The Labute approximate surface area is 642 Å². The molecular weight excluding hydrogens is 1530 g/mol. The lowest BCUT2D eigenvalue weighted by atomic mass is 10.1. The summed E-state index contributed by atoms with van der Waals surface area (Å²) < 4.78 is 55.9. The molecule has 0 aromatic carbocycles. The van der Waals surface area contributed by atoms with Crippen LogP contribution in [0, 0.1) is 29.6 Å². The van der Waals surface area contributed by atoms with Gasteiger partial charge in [0.25, 0.3) is 5.95 Å². The molecule has 586 valence electrons. The first-order chi connectivity index (χ1) is 51.0. The molecule has 0 bridgehead atoms. The molecule has 0 spiro atoms. The molecule has 9 fully saturated rings. The summed E-state index contributed by atoms with van der Waals surface area (Å²) in [5.74, 6) is -2.72. The number of rotatable bonds is 11. The fourth-order valence-corrected chi connectivity index (χ4v) is 20.1. The average molecular weight is 1620 g/mol. The monoisotopic (exact) mass is 1620 g/mol. The number of aliphatic hydroxyl groups excluding tert-OH is 6. The van der Waals surface area contributed by atoms with Crippen molar-refractivity contribution in [2.75, 3.05) is 51.1 Å². The third kappa shape index (κ3) is 15.4. The van der Waals surface area contributed by atoms with Crippen LogP contribution >= 0.6 is 68.5 Å². The summed E-state index contributed by atoms with van der Waals surface area (Å²) in [5.41, 5.74) is 18.6. The number of nitrogens with two attached hydrogens (primary N) is 3. The third-order valence-electron chi connectivity index (χ3n) is 20.5. The summed E-state index contributed by atoms with van der Waals surface area (Å²) in [5, 5.41) is 58.6. The van der Waals surface area contributed by atoms with Crippen molar-refractivity contribution in [3.8, 4) is 0 Å². The second kappa shape index (κ2) is 30.5. The van der Waals surface area contributed by atoms with Gasteiger partial charge in [0.05, 0.1) is 88.9 Å². The van der Waals surface area contributed by atoms with E-state index in [0.717, 1.165) is 45.3 Å². The van der Waals surface area contributed by atoms with Crippen LogP contribution in [0.3, 0.4) is 0 Å². The Morgan fingerprint density at radius 3 is 1.32 bits per heavy atom. The number of ether oxygens (including phenoxy) is 8. The number of thiazole rings is 4. The van der Waals surface area contributed by atoms with Gasteiger partial charge < -0.3 is 90.6 Å². The van der Waals surface area contributed by atoms with E-state index in [4.69, 9.17) is 78.3 Å². The largest absolute Gasteiger partial charge is 0.396 e. The van der Waals surface area contributed by atoms with Crippen molar-refractivity contribution in [3.05, 3.63) is 86.7 Å². The quantitative estimate of drug-likeness (QED) is 0.0374. The SMILES string of the molecule is C=C[C@H]1C[C@@H](n2c(=O)sc3c(Cl)nc(N=CN(C)C)nc32)[C@@H]2OC(C)(C)O[C@@H]21.C=C[C@H]1C[C@H](O)[C@@H]2OC(C)(C)O[C@@H]21.CC1(C)O[C@@H]2[C@@H](CO)C[C@@H](n3c(=O)sc4c(Cl)nc(N)nc43)[C@@H]2O1.CC1(C)O[C@@H]2[C@@H](CO)C[C@@H](n3c(=O)sc4cnc(N)nc43)[C@@H]2O1.Nc1ncc2sc(=O)n([C@@H]3C[C@H](CO)[C@@H](O)[C@H]3O)c2n1. The maximum Gasteiger partial charge on any atom is 0.309 e. The molecule has 0 unspecified atom stereocenters. The zero-order valence-electron chi connectivity index (χ0n) is 60.5. The normalized spacial score (nSPS) is 32.8. The van der Waals surface area contributed by atoms with E-state index in [9.17, 15) is 49.8 Å². The Morgan fingerprint density at radius 1 is 0.491 bits per heavy atom. The van der Waals surface area contributed by atoms with Gasteiger partial charge >= 0.3 is 19.5 Å². The van der Waals surface area contributed by atoms with Gasteiger partial charge in [-0.2, -0.15) is 29.9 Å². The number of hydrogen-bond donors (Lipinski definition) is 9. The zero-order valence-corrected chi connectivity index (χ0v) is 65.2. The summed E-state index contributed by atoms with van der Waals surface area (Å²) in [6.45, 7) is 22.2. The highest BCUT2D eigenvalue weighted by Crippen LogP contribution is 2.51. The Kier molecular flexibility index (Phi) is 22.5. The highest BCUT2D eigenvalue weighted by molar-refractivity contribution is 7.17. The molecular formula is C67H87Cl2N17O18S4. The number of halogens is 2. The van der Waals surface area contributed by atoms with Gasteiger partial charge in [-0.15, -0.1) is 13.2 Å². The molecule has 4 aliphatic heterocycles. The Balaban J connectivity index is 0.000000121. The van der Waals surface area contributed by atoms with Crippen LogP contribution in [0.5, 0.6) is 0 Å². The van der Waals surface area contributed by atoms with Crippen LogP contribution in [0.2, 0.25) is 10.3 Å². The summed E-state index contributed by atoms with van der Waals surface area (Å²) in [7, 11) is 3.69. The molecule has 12 N–H and O–H groups in total. The van der Waals surface area contributed by atoms with Crippen LogP contribution in [0.15, 0.2) is 61.9 Å². The van der Waals surface area contributed by atoms with Crippen molar-refractivity contribution in [3.63, 3.8) is 0 Å². The molecule has 17 rings (SSSR count). The van der Waals surface area contributed by atoms with Gasteiger partial charge in [0.15, 0.2) is 56.0 Å². The van der Waals surface area contributed by atoms with Crippen LogP contribution in [0.25, 0.3) is 41.4 Å². The highest BCUT2D eigenvalue weighted by atomic mass is 35.5. The summed E-state index contributed by atoms with van der Waals surface area (Å²) in [6.07, 6.45) is 6.81. The van der Waals surface area contributed by atoms with Crippen molar-refractivity contribution in [2.45, 2.75) is 202 Å². The number of aliphatic imine (C=N–C) groups is 1. The van der Waals surface area contributed by atoms with Crippen molar-refractivity contribution >= 4 is 140 Å². The number of nitrogen functional groups attached to an aromatic ring is 3. The maximum absolute atomic E-state index is 12.9. The molecule has 5 saturated carbocycles. The summed E-state index contributed by atoms with van der Waals surface area (Å²) in [4.78, 5) is 88.1. The molecule has 8 aromatic rings. The van der Waals surface area contributed by atoms with E-state index in [1.165, 1.54) is 10.8 Å². The molecule has 41 heteroatoms. The third-order valence-corrected chi connectivity index (χ3v) is 24.9. The molecule has 0 amide bonds. The topological polar surface area (TPSA) is 480 Å². The van der Waals surface area contributed by atoms with Crippen molar-refractivity contribution in [1.29, 1.82) is 0 Å². The summed E-state index contributed by atoms with van der Waals surface area (Å²) in [6, 6.07) is -1.40. The lowest BCUT2D eigenvalue weighted by Gasteiger charge is -2.23. The maximum atomic E-state index is 12.9. The van der Waals surface area contributed by atoms with Crippen molar-refractivity contribution in [2.24, 2.45) is 34.6 Å². The van der Waals surface area contributed by atoms with E-state index in [-0.39, 0.29) is 164 Å². The smallest absolute Gasteiger partial charge is 0.309 e. The van der Waals surface area contributed by atoms with E-state index < -0.39 is 53.4 Å². The molecule has 0 radical (unpaired) electrons. The van der Waals surface area contributed by atoms with Crippen LogP contribution in [-0.2, 0) is 37.9 Å². The number of fused-ring (bicyclic) bond motifs is 8. The molecule has 8 aromatic heterocycles. The Hall–Kier alpha value is -6.55. The van der Waals surface area contributed by atoms with E-state index in [0.29, 0.717) is 73.5 Å². The van der Waals surface area contributed by atoms with E-state index in [1.54, 1.807) is 31.1 Å². The van der Waals surface area contributed by atoms with Crippen LogP contribution in [-0.4, -0.2) is 224 Å². The minimum Gasteiger partial charge on any atom is -0.396 e. The molecule has 9 aliphatic rings. The molecule has 20 atom stereocenters.